The average Bonchev–Trinajstić information content (AvgIpc) is 2.94. The number of rotatable bonds is 6. The van der Waals surface area contributed by atoms with E-state index in [2.05, 4.69) is 22.5 Å². The van der Waals surface area contributed by atoms with Crippen LogP contribution in [0.15, 0.2) is 69.9 Å². The highest BCUT2D eigenvalue weighted by Gasteiger charge is 2.09. The van der Waals surface area contributed by atoms with Gasteiger partial charge in [0, 0.05) is 18.7 Å². The molecule has 1 aromatic heterocycles. The predicted molar refractivity (Wildman–Crippen MR) is 84.3 cm³/mol. The molecule has 0 fully saturated rings. The Balaban J connectivity index is 1.57. The van der Waals surface area contributed by atoms with Crippen molar-refractivity contribution in [2.45, 2.75) is 13.1 Å². The minimum absolute atomic E-state index is 0.355. The van der Waals surface area contributed by atoms with Crippen LogP contribution in [0.5, 0.6) is 0 Å². The van der Waals surface area contributed by atoms with Crippen LogP contribution in [0, 0.1) is 0 Å². The van der Waals surface area contributed by atoms with Crippen LogP contribution >= 0.6 is 0 Å². The van der Waals surface area contributed by atoms with Crippen LogP contribution in [-0.2, 0) is 13.1 Å². The number of benzene rings is 2. The smallest absolute Gasteiger partial charge is 0.388 e. The van der Waals surface area contributed by atoms with Gasteiger partial charge in [-0.25, -0.2) is 4.79 Å². The van der Waals surface area contributed by atoms with E-state index in [1.54, 1.807) is 0 Å². The lowest BCUT2D eigenvalue weighted by atomic mass is 10.2. The van der Waals surface area contributed by atoms with Gasteiger partial charge in [0.2, 0.25) is 5.89 Å². The lowest BCUT2D eigenvalue weighted by Gasteiger charge is -2.03. The highest BCUT2D eigenvalue weighted by molar-refractivity contribution is 5.51. The molecule has 1 N–H and O–H groups in total. The molecule has 3 rings (SSSR count). The minimum atomic E-state index is -0.430. The average molecular weight is 295 g/mol. The quantitative estimate of drug-likeness (QED) is 0.709. The second-order valence-electron chi connectivity index (χ2n) is 4.92. The van der Waals surface area contributed by atoms with E-state index < -0.39 is 5.76 Å². The first-order chi connectivity index (χ1) is 10.8. The molecule has 0 spiro atoms. The van der Waals surface area contributed by atoms with Crippen LogP contribution in [0.3, 0.4) is 0 Å². The maximum Gasteiger partial charge on any atom is 0.437 e. The molecule has 3 aromatic rings. The Hall–Kier alpha value is -2.66. The number of hydrogen-bond donors (Lipinski definition) is 1. The fourth-order valence-corrected chi connectivity index (χ4v) is 2.16. The molecule has 0 saturated heterocycles. The summed E-state index contributed by atoms with van der Waals surface area (Å²) in [4.78, 5) is 11.8. The second-order valence-corrected chi connectivity index (χ2v) is 4.92. The zero-order chi connectivity index (χ0) is 15.2. The number of nitrogens with zero attached hydrogens (tertiary/aromatic N) is 2. The van der Waals surface area contributed by atoms with Crippen molar-refractivity contribution in [2.24, 2.45) is 0 Å². The van der Waals surface area contributed by atoms with E-state index in [9.17, 15) is 4.79 Å². The molecule has 1 heterocycles. The van der Waals surface area contributed by atoms with Crippen molar-refractivity contribution >= 4 is 0 Å². The normalized spacial score (nSPS) is 10.7. The number of aromatic nitrogens is 2. The fraction of sp³-hybridized carbons (Fsp3) is 0.176. The molecule has 0 atom stereocenters. The molecule has 2 aromatic carbocycles. The van der Waals surface area contributed by atoms with Crippen molar-refractivity contribution in [3.63, 3.8) is 0 Å². The van der Waals surface area contributed by atoms with Gasteiger partial charge in [-0.3, -0.25) is 0 Å². The molecule has 0 amide bonds. The topological polar surface area (TPSA) is 60.1 Å². The van der Waals surface area contributed by atoms with Gasteiger partial charge in [0.15, 0.2) is 0 Å². The van der Waals surface area contributed by atoms with Crippen molar-refractivity contribution in [1.82, 2.24) is 15.1 Å². The SMILES string of the molecule is O=c1oc(-c2ccccc2)nn1CCNCc1ccccc1. The lowest BCUT2D eigenvalue weighted by Crippen LogP contribution is -2.25. The molecule has 0 bridgehead atoms. The standard InChI is InChI=1S/C17H17N3O2/c21-17-20(12-11-18-13-14-7-3-1-4-8-14)19-16(22-17)15-9-5-2-6-10-15/h1-10,18H,11-13H2. The highest BCUT2D eigenvalue weighted by atomic mass is 16.4. The number of nitrogens with one attached hydrogen (secondary N) is 1. The van der Waals surface area contributed by atoms with Gasteiger partial charge >= 0.3 is 5.76 Å². The predicted octanol–water partition coefficient (Wildman–Crippen LogP) is 2.29. The molecule has 0 aliphatic rings. The summed E-state index contributed by atoms with van der Waals surface area (Å²) in [5.41, 5.74) is 2.01. The maximum atomic E-state index is 11.8. The molecule has 0 saturated carbocycles. The first kappa shape index (κ1) is 14.3. The van der Waals surface area contributed by atoms with E-state index in [1.807, 2.05) is 48.5 Å². The molecule has 5 heteroatoms. The summed E-state index contributed by atoms with van der Waals surface area (Å²) in [6.45, 7) is 1.89. The highest BCUT2D eigenvalue weighted by Crippen LogP contribution is 2.13. The number of hydrogen-bond acceptors (Lipinski definition) is 4. The first-order valence-corrected chi connectivity index (χ1v) is 7.21. The Morgan fingerprint density at radius 3 is 2.41 bits per heavy atom. The Morgan fingerprint density at radius 1 is 1.00 bits per heavy atom. The van der Waals surface area contributed by atoms with Gasteiger partial charge in [0.05, 0.1) is 6.54 Å². The molecular weight excluding hydrogens is 278 g/mol. The zero-order valence-corrected chi connectivity index (χ0v) is 12.1. The Bertz CT molecular complexity index is 763. The van der Waals surface area contributed by atoms with Crippen LogP contribution < -0.4 is 11.1 Å². The Morgan fingerprint density at radius 2 is 1.68 bits per heavy atom. The largest absolute Gasteiger partial charge is 0.437 e. The van der Waals surface area contributed by atoms with Crippen molar-refractivity contribution in [1.29, 1.82) is 0 Å². The zero-order valence-electron chi connectivity index (χ0n) is 12.1. The van der Waals surface area contributed by atoms with Gasteiger partial charge in [-0.1, -0.05) is 48.5 Å². The van der Waals surface area contributed by atoms with Crippen molar-refractivity contribution in [3.05, 3.63) is 76.8 Å². The van der Waals surface area contributed by atoms with Crippen molar-refractivity contribution in [3.8, 4) is 11.5 Å². The van der Waals surface area contributed by atoms with E-state index in [4.69, 9.17) is 4.42 Å². The summed E-state index contributed by atoms with van der Waals surface area (Å²) in [7, 11) is 0. The Labute approximate surface area is 128 Å². The summed E-state index contributed by atoms with van der Waals surface area (Å²) in [5.74, 6) is -0.0750. The molecule has 112 valence electrons. The Kier molecular flexibility index (Phi) is 4.46. The van der Waals surface area contributed by atoms with Gasteiger partial charge in [0.25, 0.3) is 0 Å². The molecule has 0 radical (unpaired) electrons. The van der Waals surface area contributed by atoms with Gasteiger partial charge in [-0.15, -0.1) is 5.10 Å². The van der Waals surface area contributed by atoms with E-state index in [1.165, 1.54) is 10.2 Å². The van der Waals surface area contributed by atoms with E-state index in [0.717, 1.165) is 12.1 Å². The van der Waals surface area contributed by atoms with Crippen LogP contribution in [-0.4, -0.2) is 16.3 Å². The third-order valence-corrected chi connectivity index (χ3v) is 3.30. The molecule has 22 heavy (non-hydrogen) atoms. The third kappa shape index (κ3) is 3.51. The fourth-order valence-electron chi connectivity index (χ4n) is 2.16. The summed E-state index contributed by atoms with van der Waals surface area (Å²) in [5, 5.41) is 7.51. The lowest BCUT2D eigenvalue weighted by molar-refractivity contribution is 0.470. The molecule has 0 unspecified atom stereocenters. The van der Waals surface area contributed by atoms with Crippen LogP contribution in [0.2, 0.25) is 0 Å². The molecule has 5 nitrogen and oxygen atoms in total. The second kappa shape index (κ2) is 6.87. The van der Waals surface area contributed by atoms with Crippen LogP contribution in [0.4, 0.5) is 0 Å². The van der Waals surface area contributed by atoms with Crippen LogP contribution in [0.25, 0.3) is 11.5 Å². The molecule has 0 aliphatic heterocycles. The van der Waals surface area contributed by atoms with Gasteiger partial charge in [-0.05, 0) is 17.7 Å². The first-order valence-electron chi connectivity index (χ1n) is 7.21. The van der Waals surface area contributed by atoms with Gasteiger partial charge in [-0.2, -0.15) is 4.68 Å². The van der Waals surface area contributed by atoms with Gasteiger partial charge in [0.1, 0.15) is 0 Å². The van der Waals surface area contributed by atoms with Crippen molar-refractivity contribution < 1.29 is 4.42 Å². The minimum Gasteiger partial charge on any atom is -0.388 e. The van der Waals surface area contributed by atoms with E-state index in [-0.39, 0.29) is 0 Å². The summed E-state index contributed by atoms with van der Waals surface area (Å²) >= 11 is 0. The molecule has 0 aliphatic carbocycles. The molecular formula is C17H17N3O2. The van der Waals surface area contributed by atoms with Crippen LogP contribution in [0.1, 0.15) is 5.56 Å². The van der Waals surface area contributed by atoms with Gasteiger partial charge < -0.3 is 9.73 Å². The monoisotopic (exact) mass is 295 g/mol. The third-order valence-electron chi connectivity index (χ3n) is 3.30. The van der Waals surface area contributed by atoms with E-state index >= 15 is 0 Å². The summed E-state index contributed by atoms with van der Waals surface area (Å²) < 4.78 is 6.53. The summed E-state index contributed by atoms with van der Waals surface area (Å²) in [6.07, 6.45) is 0. The van der Waals surface area contributed by atoms with Crippen molar-refractivity contribution in [2.75, 3.05) is 6.54 Å². The maximum absolute atomic E-state index is 11.8. The van der Waals surface area contributed by atoms with E-state index in [0.29, 0.717) is 19.0 Å². The summed E-state index contributed by atoms with van der Waals surface area (Å²) in [6, 6.07) is 19.5.